The second-order valence-corrected chi connectivity index (χ2v) is 5.94. The van der Waals surface area contributed by atoms with E-state index in [0.717, 1.165) is 31.4 Å². The third-order valence-electron chi connectivity index (χ3n) is 3.31. The molecule has 0 radical (unpaired) electrons. The molecule has 1 rings (SSSR count). The van der Waals surface area contributed by atoms with Crippen LogP contribution in [0.25, 0.3) is 0 Å². The normalized spacial score (nSPS) is 13.6. The summed E-state index contributed by atoms with van der Waals surface area (Å²) in [4.78, 5) is 33.8. The summed E-state index contributed by atoms with van der Waals surface area (Å²) in [6.45, 7) is 3.24. The third-order valence-corrected chi connectivity index (χ3v) is 3.31. The van der Waals surface area contributed by atoms with E-state index < -0.39 is 28.6 Å². The van der Waals surface area contributed by atoms with Gasteiger partial charge in [-0.05, 0) is 18.1 Å². The summed E-state index contributed by atoms with van der Waals surface area (Å²) in [6.07, 6.45) is -5.52. The van der Waals surface area contributed by atoms with Crippen LogP contribution in [0.3, 0.4) is 0 Å². The average Bonchev–Trinajstić information content (AvgIpc) is 2.56. The molecule has 0 aliphatic heterocycles. The van der Waals surface area contributed by atoms with Crippen LogP contribution < -0.4 is 16.2 Å². The zero-order valence-electron chi connectivity index (χ0n) is 14.7. The topological polar surface area (TPSA) is 123 Å². The predicted molar refractivity (Wildman–Crippen MR) is 88.3 cm³/mol. The number of hydrazine groups is 1. The molecule has 0 bridgehead atoms. The van der Waals surface area contributed by atoms with Gasteiger partial charge in [-0.1, -0.05) is 13.8 Å². The summed E-state index contributed by atoms with van der Waals surface area (Å²) in [5.74, 6) is -3.07. The van der Waals surface area contributed by atoms with Crippen molar-refractivity contribution in [3.05, 3.63) is 34.4 Å². The molecular formula is C15H19F3N4O5. The van der Waals surface area contributed by atoms with Crippen LogP contribution in [0, 0.1) is 16.0 Å². The first-order valence-electron chi connectivity index (χ1n) is 7.66. The zero-order valence-corrected chi connectivity index (χ0v) is 14.7. The minimum absolute atomic E-state index is 0.0174. The number of nitro groups is 1. The predicted octanol–water partition coefficient (Wildman–Crippen LogP) is 2.11. The summed E-state index contributed by atoms with van der Waals surface area (Å²) >= 11 is 0. The summed E-state index contributed by atoms with van der Waals surface area (Å²) < 4.78 is 45.2. The van der Waals surface area contributed by atoms with Crippen LogP contribution >= 0.6 is 0 Å². The molecule has 0 heterocycles. The second kappa shape index (κ2) is 8.66. The lowest BCUT2D eigenvalue weighted by atomic mass is 10.1. The lowest BCUT2D eigenvalue weighted by Crippen LogP contribution is -2.73. The van der Waals surface area contributed by atoms with E-state index in [2.05, 4.69) is 10.2 Å². The molecule has 1 amide bonds. The van der Waals surface area contributed by atoms with E-state index in [4.69, 9.17) is 0 Å². The lowest BCUT2D eigenvalue weighted by molar-refractivity contribution is -0.384. The monoisotopic (exact) mass is 392 g/mol. The quantitative estimate of drug-likeness (QED) is 0.268. The Balaban J connectivity index is 3.13. The minimum Gasteiger partial charge on any atom is -0.466 e. The zero-order chi connectivity index (χ0) is 20.8. The van der Waals surface area contributed by atoms with E-state index in [1.165, 1.54) is 0 Å². The van der Waals surface area contributed by atoms with Crippen LogP contribution in [0.1, 0.15) is 20.3 Å². The molecule has 0 unspecified atom stereocenters. The van der Waals surface area contributed by atoms with E-state index >= 15 is 0 Å². The number of alkyl halides is 3. The van der Waals surface area contributed by atoms with Gasteiger partial charge in [0.2, 0.25) is 5.91 Å². The molecule has 0 saturated carbocycles. The number of esters is 1. The van der Waals surface area contributed by atoms with Gasteiger partial charge in [0.1, 0.15) is 0 Å². The van der Waals surface area contributed by atoms with E-state index in [-0.39, 0.29) is 23.7 Å². The molecule has 0 saturated heterocycles. The van der Waals surface area contributed by atoms with Crippen molar-refractivity contribution in [2.45, 2.75) is 32.1 Å². The van der Waals surface area contributed by atoms with Crippen molar-refractivity contribution in [2.24, 2.45) is 5.92 Å². The molecule has 9 nitrogen and oxygen atoms in total. The number of hydrogen-bond donors (Lipinski definition) is 3. The van der Waals surface area contributed by atoms with Crippen LogP contribution in [-0.4, -0.2) is 35.7 Å². The largest absolute Gasteiger partial charge is 0.466 e. The molecule has 0 aliphatic rings. The number of carbonyl (C=O) groups is 2. The summed E-state index contributed by atoms with van der Waals surface area (Å²) in [6, 6.07) is 4.35. The number of amides is 1. The van der Waals surface area contributed by atoms with Gasteiger partial charge in [-0.3, -0.25) is 14.9 Å². The van der Waals surface area contributed by atoms with Crippen molar-refractivity contribution in [1.82, 2.24) is 10.7 Å². The Hall–Kier alpha value is -2.89. The van der Waals surface area contributed by atoms with Crippen molar-refractivity contribution in [1.29, 1.82) is 0 Å². The number of halogens is 3. The first kappa shape index (κ1) is 22.2. The number of ether oxygens (including phenoxy) is 1. The molecule has 1 atom stereocenters. The van der Waals surface area contributed by atoms with Gasteiger partial charge in [0.25, 0.3) is 5.69 Å². The number of nitrogens with zero attached hydrogens (tertiary/aromatic N) is 1. The number of nitrogens with one attached hydrogen (secondary N) is 3. The second-order valence-electron chi connectivity index (χ2n) is 5.94. The highest BCUT2D eigenvalue weighted by Crippen LogP contribution is 2.30. The maximum Gasteiger partial charge on any atom is 0.438 e. The standard InChI is InChI=1S/C15H19F3N4O5/c1-9(2)8-12(23)19-14(13(24)27-3,15(16,17)18)21-20-10-4-6-11(7-5-10)22(25)26/h4-7,9,20-21H,8H2,1-3H3,(H,19,23)/t14-/m1/s1. The van der Waals surface area contributed by atoms with E-state index in [1.54, 1.807) is 24.6 Å². The van der Waals surface area contributed by atoms with Crippen molar-refractivity contribution in [3.63, 3.8) is 0 Å². The van der Waals surface area contributed by atoms with Crippen molar-refractivity contribution in [2.75, 3.05) is 12.5 Å². The van der Waals surface area contributed by atoms with Crippen molar-refractivity contribution in [3.8, 4) is 0 Å². The molecule has 3 N–H and O–H groups in total. The molecule has 0 aromatic heterocycles. The van der Waals surface area contributed by atoms with Gasteiger partial charge < -0.3 is 15.5 Å². The smallest absolute Gasteiger partial charge is 0.438 e. The maximum atomic E-state index is 13.7. The van der Waals surface area contributed by atoms with Crippen LogP contribution in [0.15, 0.2) is 24.3 Å². The Kier molecular flexibility index (Phi) is 7.11. The SMILES string of the molecule is COC(=O)[C@](NNc1ccc([N+](=O)[O-])cc1)(NC(=O)CC(C)C)C(F)(F)F. The van der Waals surface area contributed by atoms with Crippen molar-refractivity contribution >= 4 is 23.3 Å². The molecule has 0 spiro atoms. The van der Waals surface area contributed by atoms with Gasteiger partial charge >= 0.3 is 17.8 Å². The number of carbonyl (C=O) groups excluding carboxylic acids is 2. The lowest BCUT2D eigenvalue weighted by Gasteiger charge is -2.34. The van der Waals surface area contributed by atoms with Crippen molar-refractivity contribution < 1.29 is 32.4 Å². The fraction of sp³-hybridized carbons (Fsp3) is 0.467. The first-order valence-corrected chi connectivity index (χ1v) is 7.66. The van der Waals surface area contributed by atoms with Gasteiger partial charge in [-0.2, -0.15) is 18.6 Å². The van der Waals surface area contributed by atoms with Gasteiger partial charge in [-0.15, -0.1) is 0 Å². The molecule has 0 fully saturated rings. The van der Waals surface area contributed by atoms with Gasteiger partial charge in [-0.25, -0.2) is 4.79 Å². The van der Waals surface area contributed by atoms with Gasteiger partial charge in [0.15, 0.2) is 0 Å². The third kappa shape index (κ3) is 5.54. The maximum absolute atomic E-state index is 13.7. The first-order chi connectivity index (χ1) is 12.4. The number of non-ortho nitro benzene ring substituents is 1. The molecule has 1 aromatic rings. The number of nitro benzene ring substituents is 1. The van der Waals surface area contributed by atoms with Crippen LogP contribution in [0.5, 0.6) is 0 Å². The number of rotatable bonds is 8. The summed E-state index contributed by atoms with van der Waals surface area (Å²) in [5, 5.41) is 12.2. The Morgan fingerprint density at radius 3 is 2.19 bits per heavy atom. The Morgan fingerprint density at radius 1 is 1.22 bits per heavy atom. The average molecular weight is 392 g/mol. The minimum atomic E-state index is -5.26. The number of hydrogen-bond acceptors (Lipinski definition) is 7. The summed E-state index contributed by atoms with van der Waals surface area (Å²) in [7, 11) is 0.741. The molecule has 12 heteroatoms. The fourth-order valence-corrected chi connectivity index (χ4v) is 2.01. The van der Waals surface area contributed by atoms with Crippen LogP contribution in [0.2, 0.25) is 0 Å². The van der Waals surface area contributed by atoms with E-state index in [1.807, 2.05) is 0 Å². The van der Waals surface area contributed by atoms with Gasteiger partial charge in [0.05, 0.1) is 12.0 Å². The molecule has 27 heavy (non-hydrogen) atoms. The highest BCUT2D eigenvalue weighted by molar-refractivity contribution is 5.88. The van der Waals surface area contributed by atoms with Crippen LogP contribution in [-0.2, 0) is 14.3 Å². The molecule has 0 aliphatic carbocycles. The molecule has 1 aromatic carbocycles. The number of methoxy groups -OCH3 is 1. The van der Waals surface area contributed by atoms with E-state index in [9.17, 15) is 32.9 Å². The fourth-order valence-electron chi connectivity index (χ4n) is 2.01. The number of anilines is 1. The number of benzene rings is 1. The Labute approximate surface area is 152 Å². The Morgan fingerprint density at radius 2 is 1.78 bits per heavy atom. The van der Waals surface area contributed by atoms with Crippen LogP contribution in [0.4, 0.5) is 24.5 Å². The highest BCUT2D eigenvalue weighted by Gasteiger charge is 2.63. The Bertz CT molecular complexity index is 694. The molecule has 150 valence electrons. The van der Waals surface area contributed by atoms with E-state index in [0.29, 0.717) is 0 Å². The molecular weight excluding hydrogens is 373 g/mol. The highest BCUT2D eigenvalue weighted by atomic mass is 19.4. The summed E-state index contributed by atoms with van der Waals surface area (Å²) in [5.41, 5.74) is 0.0113. The van der Waals surface area contributed by atoms with Gasteiger partial charge in [0, 0.05) is 24.2 Å².